The Morgan fingerprint density at radius 3 is 2.45 bits per heavy atom. The number of hydrogen-bond acceptors (Lipinski definition) is 3. The highest BCUT2D eigenvalue weighted by Gasteiger charge is 2.09. The minimum Gasteiger partial charge on any atom is -0.267 e. The van der Waals surface area contributed by atoms with Crippen LogP contribution in [-0.4, -0.2) is 11.6 Å². The Bertz CT molecular complexity index is 671. The van der Waals surface area contributed by atoms with Gasteiger partial charge in [0.15, 0.2) is 0 Å². The molecule has 2 rings (SSSR count). The van der Waals surface area contributed by atoms with E-state index in [1.54, 1.807) is 17.4 Å². The molecule has 0 aliphatic heterocycles. The number of hydrazone groups is 1. The molecule has 0 aliphatic rings. The Morgan fingerprint density at radius 1 is 1.15 bits per heavy atom. The van der Waals surface area contributed by atoms with Crippen LogP contribution in [0.5, 0.6) is 0 Å². The van der Waals surface area contributed by atoms with Crippen molar-refractivity contribution >= 4 is 23.0 Å². The molecule has 1 N–H and O–H groups in total. The summed E-state index contributed by atoms with van der Waals surface area (Å²) in [4.78, 5) is 14.5. The van der Waals surface area contributed by atoms with E-state index in [2.05, 4.69) is 30.4 Å². The van der Waals surface area contributed by atoms with E-state index in [0.29, 0.717) is 5.56 Å². The van der Waals surface area contributed by atoms with Gasteiger partial charge in [0.25, 0.3) is 5.91 Å². The maximum atomic E-state index is 12.1. The van der Waals surface area contributed by atoms with Gasteiger partial charge in [-0.3, -0.25) is 4.79 Å². The molecule has 0 atom stereocenters. The van der Waals surface area contributed by atoms with Gasteiger partial charge in [-0.2, -0.15) is 5.10 Å². The topological polar surface area (TPSA) is 41.5 Å². The average molecular weight is 286 g/mol. The van der Waals surface area contributed by atoms with Crippen molar-refractivity contribution in [3.63, 3.8) is 0 Å². The number of nitrogens with one attached hydrogen (secondary N) is 1. The van der Waals surface area contributed by atoms with Crippen molar-refractivity contribution in [2.75, 3.05) is 0 Å². The molecule has 1 heterocycles. The van der Waals surface area contributed by atoms with Crippen molar-refractivity contribution < 1.29 is 4.79 Å². The minimum absolute atomic E-state index is 0.174. The molecule has 0 fully saturated rings. The zero-order valence-electron chi connectivity index (χ0n) is 12.2. The quantitative estimate of drug-likeness (QED) is 0.676. The molecule has 0 unspecified atom stereocenters. The number of benzene rings is 1. The first-order valence-corrected chi connectivity index (χ1v) is 7.28. The summed E-state index contributed by atoms with van der Waals surface area (Å²) in [7, 11) is 0. The predicted molar refractivity (Wildman–Crippen MR) is 84.6 cm³/mol. The fourth-order valence-corrected chi connectivity index (χ4v) is 3.05. The van der Waals surface area contributed by atoms with Gasteiger partial charge in [-0.05, 0) is 45.4 Å². The van der Waals surface area contributed by atoms with Crippen LogP contribution < -0.4 is 5.43 Å². The van der Waals surface area contributed by atoms with E-state index in [1.165, 1.54) is 9.75 Å². The van der Waals surface area contributed by atoms with E-state index in [-0.39, 0.29) is 5.91 Å². The Kier molecular flexibility index (Phi) is 4.35. The molecule has 0 bridgehead atoms. The lowest BCUT2D eigenvalue weighted by molar-refractivity contribution is 0.0954. The molecule has 0 saturated heterocycles. The van der Waals surface area contributed by atoms with Gasteiger partial charge in [0.05, 0.1) is 5.71 Å². The van der Waals surface area contributed by atoms with Gasteiger partial charge in [-0.1, -0.05) is 18.2 Å². The van der Waals surface area contributed by atoms with Gasteiger partial charge < -0.3 is 0 Å². The van der Waals surface area contributed by atoms with Gasteiger partial charge in [-0.25, -0.2) is 5.43 Å². The predicted octanol–water partition coefficient (Wildman–Crippen LogP) is 3.83. The lowest BCUT2D eigenvalue weighted by atomic mass is 10.1. The third-order valence-corrected chi connectivity index (χ3v) is 4.11. The van der Waals surface area contributed by atoms with Gasteiger partial charge in [0.1, 0.15) is 0 Å². The fourth-order valence-electron chi connectivity index (χ4n) is 2.07. The molecule has 2 aromatic rings. The van der Waals surface area contributed by atoms with Crippen LogP contribution in [0.2, 0.25) is 0 Å². The molecule has 104 valence electrons. The third kappa shape index (κ3) is 3.14. The Morgan fingerprint density at radius 2 is 1.85 bits per heavy atom. The van der Waals surface area contributed by atoms with Crippen LogP contribution in [-0.2, 0) is 0 Å². The van der Waals surface area contributed by atoms with E-state index < -0.39 is 0 Å². The van der Waals surface area contributed by atoms with E-state index in [4.69, 9.17) is 0 Å². The minimum atomic E-state index is -0.174. The highest BCUT2D eigenvalue weighted by atomic mass is 32.1. The van der Waals surface area contributed by atoms with Crippen molar-refractivity contribution in [2.45, 2.75) is 27.7 Å². The van der Waals surface area contributed by atoms with E-state index in [0.717, 1.165) is 16.8 Å². The summed E-state index contributed by atoms with van der Waals surface area (Å²) >= 11 is 1.74. The molecule has 0 spiro atoms. The summed E-state index contributed by atoms with van der Waals surface area (Å²) in [5.74, 6) is -0.174. The zero-order chi connectivity index (χ0) is 14.7. The molecule has 0 saturated carbocycles. The van der Waals surface area contributed by atoms with Crippen LogP contribution in [0.4, 0.5) is 0 Å². The first-order valence-electron chi connectivity index (χ1n) is 6.46. The Balaban J connectivity index is 2.15. The Hall–Kier alpha value is -1.94. The van der Waals surface area contributed by atoms with Crippen molar-refractivity contribution in [1.29, 1.82) is 0 Å². The molecule has 1 amide bonds. The number of hydrogen-bond donors (Lipinski definition) is 1. The summed E-state index contributed by atoms with van der Waals surface area (Å²) in [6, 6.07) is 9.58. The number of nitrogens with zero attached hydrogens (tertiary/aromatic N) is 1. The monoisotopic (exact) mass is 286 g/mol. The lowest BCUT2D eigenvalue weighted by Crippen LogP contribution is -2.20. The van der Waals surface area contributed by atoms with Crippen molar-refractivity contribution in [2.24, 2.45) is 5.10 Å². The summed E-state index contributed by atoms with van der Waals surface area (Å²) in [6.07, 6.45) is 0. The first-order chi connectivity index (χ1) is 9.49. The van der Waals surface area contributed by atoms with Crippen molar-refractivity contribution in [3.8, 4) is 0 Å². The largest absolute Gasteiger partial charge is 0.271 e. The maximum absolute atomic E-state index is 12.1. The summed E-state index contributed by atoms with van der Waals surface area (Å²) < 4.78 is 0. The van der Waals surface area contributed by atoms with E-state index in [9.17, 15) is 4.79 Å². The third-order valence-electron chi connectivity index (χ3n) is 3.15. The number of rotatable bonds is 3. The summed E-state index contributed by atoms with van der Waals surface area (Å²) in [5.41, 5.74) is 6.15. The summed E-state index contributed by atoms with van der Waals surface area (Å²) in [5, 5.41) is 4.21. The Labute approximate surface area is 123 Å². The van der Waals surface area contributed by atoms with Crippen molar-refractivity contribution in [3.05, 3.63) is 56.8 Å². The molecule has 3 nitrogen and oxygen atoms in total. The fraction of sp³-hybridized carbons (Fsp3) is 0.250. The molecule has 0 aliphatic carbocycles. The average Bonchev–Trinajstić information content (AvgIpc) is 2.75. The molecule has 1 aromatic carbocycles. The number of thiophene rings is 1. The van der Waals surface area contributed by atoms with Crippen LogP contribution in [0.3, 0.4) is 0 Å². The van der Waals surface area contributed by atoms with E-state index >= 15 is 0 Å². The first kappa shape index (κ1) is 14.5. The SMILES string of the molecule is C/C(=N/NC(=O)c1ccccc1C)c1cc(C)sc1C. The highest BCUT2D eigenvalue weighted by Crippen LogP contribution is 2.21. The van der Waals surface area contributed by atoms with Crippen LogP contribution in [0, 0.1) is 20.8 Å². The number of carbonyl (C=O) groups excluding carboxylic acids is 1. The molecule has 20 heavy (non-hydrogen) atoms. The zero-order valence-corrected chi connectivity index (χ0v) is 13.0. The molecular weight excluding hydrogens is 268 g/mol. The normalized spacial score (nSPS) is 11.5. The van der Waals surface area contributed by atoms with Crippen LogP contribution in [0.1, 0.15) is 38.2 Å². The van der Waals surface area contributed by atoms with Gasteiger partial charge in [0, 0.05) is 20.9 Å². The van der Waals surface area contributed by atoms with Gasteiger partial charge in [0.2, 0.25) is 0 Å². The second-order valence-corrected chi connectivity index (χ2v) is 6.24. The number of aryl methyl sites for hydroxylation is 3. The molecular formula is C16H18N2OS. The standard InChI is InChI=1S/C16H18N2OS/c1-10-7-5-6-8-14(10)16(19)18-17-12(3)15-9-11(2)20-13(15)4/h5-9H,1-4H3,(H,18,19)/b17-12-. The maximum Gasteiger partial charge on any atom is 0.271 e. The molecule has 0 radical (unpaired) electrons. The number of carbonyl (C=O) groups is 1. The van der Waals surface area contributed by atoms with Crippen LogP contribution in [0.25, 0.3) is 0 Å². The second kappa shape index (κ2) is 6.01. The van der Waals surface area contributed by atoms with E-state index in [1.807, 2.05) is 32.0 Å². The second-order valence-electron chi connectivity index (χ2n) is 4.78. The van der Waals surface area contributed by atoms with Gasteiger partial charge in [-0.15, -0.1) is 11.3 Å². The number of amides is 1. The smallest absolute Gasteiger partial charge is 0.267 e. The highest BCUT2D eigenvalue weighted by molar-refractivity contribution is 7.12. The van der Waals surface area contributed by atoms with Gasteiger partial charge >= 0.3 is 0 Å². The van der Waals surface area contributed by atoms with Crippen LogP contribution >= 0.6 is 11.3 Å². The molecule has 4 heteroatoms. The molecule has 1 aromatic heterocycles. The van der Waals surface area contributed by atoms with Crippen LogP contribution in [0.15, 0.2) is 35.4 Å². The van der Waals surface area contributed by atoms with Crippen molar-refractivity contribution in [1.82, 2.24) is 5.43 Å². The summed E-state index contributed by atoms with van der Waals surface area (Å²) in [6.45, 7) is 7.96. The lowest BCUT2D eigenvalue weighted by Gasteiger charge is -2.05.